The first-order valence-corrected chi connectivity index (χ1v) is 7.74. The van der Waals surface area contributed by atoms with Crippen LogP contribution in [0.1, 0.15) is 44.0 Å². The molecule has 0 unspecified atom stereocenters. The molecule has 0 atom stereocenters. The van der Waals surface area contributed by atoms with Crippen LogP contribution in [-0.2, 0) is 4.79 Å². The van der Waals surface area contributed by atoms with Gasteiger partial charge in [-0.3, -0.25) is 9.59 Å². The highest BCUT2D eigenvalue weighted by atomic mass is 16.2. The number of benzene rings is 1. The maximum Gasteiger partial charge on any atom is 0.255 e. The van der Waals surface area contributed by atoms with Gasteiger partial charge >= 0.3 is 0 Å². The van der Waals surface area contributed by atoms with E-state index in [0.717, 1.165) is 12.8 Å². The van der Waals surface area contributed by atoms with Gasteiger partial charge in [0.2, 0.25) is 5.91 Å². The van der Waals surface area contributed by atoms with Crippen molar-refractivity contribution in [3.8, 4) is 0 Å². The highest BCUT2D eigenvalue weighted by Gasteiger charge is 2.26. The number of hydrogen-bond donors (Lipinski definition) is 2. The van der Waals surface area contributed by atoms with Gasteiger partial charge in [-0.1, -0.05) is 32.9 Å². The fourth-order valence-electron chi connectivity index (χ4n) is 2.36. The predicted octanol–water partition coefficient (Wildman–Crippen LogP) is 2.23. The molecule has 120 valence electrons. The van der Waals surface area contributed by atoms with E-state index >= 15 is 0 Å². The number of carbonyl (C=O) groups excluding carboxylic acids is 2. The summed E-state index contributed by atoms with van der Waals surface area (Å²) in [6.45, 7) is 6.87. The molecule has 1 aromatic rings. The molecule has 1 heterocycles. The first-order chi connectivity index (χ1) is 10.3. The Morgan fingerprint density at radius 1 is 1.18 bits per heavy atom. The molecule has 1 aliphatic heterocycles. The van der Waals surface area contributed by atoms with Gasteiger partial charge in [-0.05, 0) is 25.0 Å². The van der Waals surface area contributed by atoms with Crippen LogP contribution in [0.5, 0.6) is 0 Å². The molecule has 0 aliphatic carbocycles. The monoisotopic (exact) mass is 303 g/mol. The van der Waals surface area contributed by atoms with Crippen molar-refractivity contribution in [2.24, 2.45) is 11.1 Å². The zero-order valence-electron chi connectivity index (χ0n) is 13.6. The normalized spacial score (nSPS) is 16.5. The molecule has 1 aromatic carbocycles. The minimum absolute atomic E-state index is 0.0447. The van der Waals surface area contributed by atoms with E-state index in [9.17, 15) is 9.59 Å². The lowest BCUT2D eigenvalue weighted by molar-refractivity contribution is -0.123. The lowest BCUT2D eigenvalue weighted by Gasteiger charge is -2.31. The molecule has 22 heavy (non-hydrogen) atoms. The summed E-state index contributed by atoms with van der Waals surface area (Å²) >= 11 is 0. The first-order valence-electron chi connectivity index (χ1n) is 7.74. The number of amides is 2. The van der Waals surface area contributed by atoms with Crippen LogP contribution in [0.3, 0.4) is 0 Å². The summed E-state index contributed by atoms with van der Waals surface area (Å²) in [6.07, 6.45) is 1.64. The Bertz CT molecular complexity index is 555. The second-order valence-corrected chi connectivity index (χ2v) is 6.88. The molecule has 2 amide bonds. The lowest BCUT2D eigenvalue weighted by Crippen LogP contribution is -2.43. The quantitative estimate of drug-likeness (QED) is 0.879. The Kier molecular flexibility index (Phi) is 4.86. The van der Waals surface area contributed by atoms with Gasteiger partial charge in [0.15, 0.2) is 0 Å². The Hall–Kier alpha value is -1.88. The van der Waals surface area contributed by atoms with E-state index < -0.39 is 5.41 Å². The number of piperidine rings is 1. The van der Waals surface area contributed by atoms with Crippen LogP contribution < -0.4 is 11.1 Å². The molecule has 1 aliphatic rings. The second-order valence-electron chi connectivity index (χ2n) is 6.88. The van der Waals surface area contributed by atoms with Gasteiger partial charge < -0.3 is 16.0 Å². The van der Waals surface area contributed by atoms with Crippen molar-refractivity contribution in [1.82, 2.24) is 4.90 Å². The molecule has 1 fully saturated rings. The molecule has 5 nitrogen and oxygen atoms in total. The minimum Gasteiger partial charge on any atom is -0.338 e. The van der Waals surface area contributed by atoms with Gasteiger partial charge in [-0.25, -0.2) is 0 Å². The molecule has 0 saturated carbocycles. The summed E-state index contributed by atoms with van der Waals surface area (Å²) < 4.78 is 0. The maximum absolute atomic E-state index is 12.7. The summed E-state index contributed by atoms with van der Waals surface area (Å²) in [5.41, 5.74) is 6.49. The SMILES string of the molecule is CC(C)(C)C(=O)Nc1ccccc1C(=O)N1CCC(N)CC1. The molecule has 0 bridgehead atoms. The van der Waals surface area contributed by atoms with E-state index in [-0.39, 0.29) is 17.9 Å². The Labute approximate surface area is 131 Å². The number of rotatable bonds is 2. The standard InChI is InChI=1S/C17H25N3O2/c1-17(2,3)16(22)19-14-7-5-4-6-13(14)15(21)20-10-8-12(18)9-11-20/h4-7,12H,8-11,18H2,1-3H3,(H,19,22). The fraction of sp³-hybridized carbons (Fsp3) is 0.529. The molecular formula is C17H25N3O2. The van der Waals surface area contributed by atoms with Gasteiger partial charge in [0, 0.05) is 24.5 Å². The highest BCUT2D eigenvalue weighted by Crippen LogP contribution is 2.22. The van der Waals surface area contributed by atoms with Crippen molar-refractivity contribution in [2.75, 3.05) is 18.4 Å². The molecule has 5 heteroatoms. The Balaban J connectivity index is 2.17. The third-order valence-corrected chi connectivity index (χ3v) is 3.91. The van der Waals surface area contributed by atoms with Gasteiger partial charge in [0.05, 0.1) is 11.3 Å². The van der Waals surface area contributed by atoms with Crippen molar-refractivity contribution in [3.63, 3.8) is 0 Å². The second kappa shape index (κ2) is 6.48. The van der Waals surface area contributed by atoms with E-state index in [1.54, 1.807) is 12.1 Å². The largest absolute Gasteiger partial charge is 0.338 e. The van der Waals surface area contributed by atoms with Crippen molar-refractivity contribution < 1.29 is 9.59 Å². The first kappa shape index (κ1) is 16.5. The number of likely N-dealkylation sites (tertiary alicyclic amines) is 1. The van der Waals surface area contributed by atoms with E-state index in [1.807, 2.05) is 37.8 Å². The van der Waals surface area contributed by atoms with Crippen LogP contribution in [0.4, 0.5) is 5.69 Å². The van der Waals surface area contributed by atoms with Gasteiger partial charge in [0.25, 0.3) is 5.91 Å². The van der Waals surface area contributed by atoms with Gasteiger partial charge in [-0.15, -0.1) is 0 Å². The average molecular weight is 303 g/mol. The van der Waals surface area contributed by atoms with Crippen LogP contribution in [0, 0.1) is 5.41 Å². The van der Waals surface area contributed by atoms with E-state index in [1.165, 1.54) is 0 Å². The van der Waals surface area contributed by atoms with Crippen molar-refractivity contribution in [1.29, 1.82) is 0 Å². The Morgan fingerprint density at radius 2 is 1.77 bits per heavy atom. The van der Waals surface area contributed by atoms with E-state index in [0.29, 0.717) is 24.3 Å². The van der Waals surface area contributed by atoms with Crippen LogP contribution >= 0.6 is 0 Å². The smallest absolute Gasteiger partial charge is 0.255 e. The third-order valence-electron chi connectivity index (χ3n) is 3.91. The average Bonchev–Trinajstić information content (AvgIpc) is 2.47. The summed E-state index contributed by atoms with van der Waals surface area (Å²) in [7, 11) is 0. The van der Waals surface area contributed by atoms with Gasteiger partial charge in [0.1, 0.15) is 0 Å². The number of nitrogens with zero attached hydrogens (tertiary/aromatic N) is 1. The third kappa shape index (κ3) is 3.85. The molecule has 0 spiro atoms. The number of hydrogen-bond acceptors (Lipinski definition) is 3. The lowest BCUT2D eigenvalue weighted by atomic mass is 9.95. The zero-order chi connectivity index (χ0) is 16.3. The number of para-hydroxylation sites is 1. The number of carbonyl (C=O) groups is 2. The molecule has 3 N–H and O–H groups in total. The minimum atomic E-state index is -0.506. The van der Waals surface area contributed by atoms with Crippen LogP contribution in [0.25, 0.3) is 0 Å². The van der Waals surface area contributed by atoms with E-state index in [4.69, 9.17) is 5.73 Å². The zero-order valence-corrected chi connectivity index (χ0v) is 13.6. The maximum atomic E-state index is 12.7. The molecular weight excluding hydrogens is 278 g/mol. The van der Waals surface area contributed by atoms with Gasteiger partial charge in [-0.2, -0.15) is 0 Å². The highest BCUT2D eigenvalue weighted by molar-refractivity contribution is 6.04. The van der Waals surface area contributed by atoms with Crippen LogP contribution in [0.2, 0.25) is 0 Å². The van der Waals surface area contributed by atoms with Crippen molar-refractivity contribution in [3.05, 3.63) is 29.8 Å². The molecule has 0 radical (unpaired) electrons. The predicted molar refractivity (Wildman–Crippen MR) is 87.6 cm³/mol. The summed E-state index contributed by atoms with van der Waals surface area (Å²) in [5, 5.41) is 2.87. The number of anilines is 1. The molecule has 1 saturated heterocycles. The Morgan fingerprint density at radius 3 is 2.36 bits per heavy atom. The summed E-state index contributed by atoms with van der Waals surface area (Å²) in [4.78, 5) is 26.7. The van der Waals surface area contributed by atoms with Crippen LogP contribution in [0.15, 0.2) is 24.3 Å². The topological polar surface area (TPSA) is 75.4 Å². The van der Waals surface area contributed by atoms with Crippen molar-refractivity contribution >= 4 is 17.5 Å². The molecule has 0 aromatic heterocycles. The van der Waals surface area contributed by atoms with Crippen LogP contribution in [-0.4, -0.2) is 35.8 Å². The number of nitrogens with two attached hydrogens (primary N) is 1. The van der Waals surface area contributed by atoms with E-state index in [2.05, 4.69) is 5.32 Å². The summed E-state index contributed by atoms with van der Waals surface area (Å²) in [6, 6.07) is 7.35. The summed E-state index contributed by atoms with van der Waals surface area (Å²) in [5.74, 6) is -0.148. The van der Waals surface area contributed by atoms with Crippen molar-refractivity contribution in [2.45, 2.75) is 39.7 Å². The number of nitrogens with one attached hydrogen (secondary N) is 1. The molecule has 2 rings (SSSR count). The fourth-order valence-corrected chi connectivity index (χ4v) is 2.36.